The van der Waals surface area contributed by atoms with Gasteiger partial charge in [0, 0.05) is 23.1 Å². The number of hydrogen-bond acceptors (Lipinski definition) is 10. The van der Waals surface area contributed by atoms with E-state index in [9.17, 15) is 28.4 Å². The minimum Gasteiger partial charge on any atom is -0.479 e. The summed E-state index contributed by atoms with van der Waals surface area (Å²) in [5.41, 5.74) is 7.43. The van der Waals surface area contributed by atoms with Gasteiger partial charge in [-0.25, -0.2) is 18.5 Å². The molecular formula is C12H20N6O12P2. The van der Waals surface area contributed by atoms with Crippen molar-refractivity contribution in [1.29, 1.82) is 0 Å². The molecule has 1 aliphatic heterocycles. The van der Waals surface area contributed by atoms with Crippen molar-refractivity contribution in [3.05, 3.63) is 43.0 Å². The van der Waals surface area contributed by atoms with E-state index in [1.807, 2.05) is 0 Å². The van der Waals surface area contributed by atoms with Crippen molar-refractivity contribution in [2.24, 2.45) is 5.11 Å². The zero-order valence-electron chi connectivity index (χ0n) is 16.2. The summed E-state index contributed by atoms with van der Waals surface area (Å²) in [4.78, 5) is 66.4. The monoisotopic (exact) mass is 502 g/mol. The molecule has 2 heterocycles. The van der Waals surface area contributed by atoms with Crippen LogP contribution in [-0.4, -0.2) is 59.9 Å². The van der Waals surface area contributed by atoms with Crippen molar-refractivity contribution in [2.45, 2.75) is 37.6 Å². The summed E-state index contributed by atoms with van der Waals surface area (Å²) in [6.45, 7) is 0.635. The summed E-state index contributed by atoms with van der Waals surface area (Å²) in [5, 5.41) is 12.5. The molecule has 180 valence electrons. The molecule has 0 amide bonds. The van der Waals surface area contributed by atoms with E-state index in [0.717, 1.165) is 4.57 Å². The zero-order valence-corrected chi connectivity index (χ0v) is 18.0. The number of carboxylic acids is 1. The number of aromatic nitrogens is 2. The molecule has 1 fully saturated rings. The Hall–Kier alpha value is -2.36. The van der Waals surface area contributed by atoms with E-state index < -0.39 is 63.5 Å². The Kier molecular flexibility index (Phi) is 9.08. The number of aromatic amines is 1. The van der Waals surface area contributed by atoms with Crippen LogP contribution in [-0.2, 0) is 27.7 Å². The third kappa shape index (κ3) is 6.82. The first-order valence-electron chi connectivity index (χ1n) is 8.20. The zero-order chi connectivity index (χ0) is 23.6. The second-order valence-corrected chi connectivity index (χ2v) is 9.51. The third-order valence-electron chi connectivity index (χ3n) is 4.01. The summed E-state index contributed by atoms with van der Waals surface area (Å²) < 4.78 is 37.7. The number of carboxylic acid groups (broad SMARTS) is 1. The summed E-state index contributed by atoms with van der Waals surface area (Å²) >= 11 is 0. The van der Waals surface area contributed by atoms with E-state index >= 15 is 0 Å². The molecule has 5 atom stereocenters. The van der Waals surface area contributed by atoms with Crippen LogP contribution in [0.3, 0.4) is 0 Å². The lowest BCUT2D eigenvalue weighted by Gasteiger charge is -2.22. The van der Waals surface area contributed by atoms with E-state index in [4.69, 9.17) is 29.9 Å². The molecule has 0 aromatic carbocycles. The van der Waals surface area contributed by atoms with Crippen molar-refractivity contribution < 1.29 is 47.5 Å². The van der Waals surface area contributed by atoms with Crippen LogP contribution in [0.15, 0.2) is 20.9 Å². The van der Waals surface area contributed by atoms with Crippen molar-refractivity contribution in [1.82, 2.24) is 15.7 Å². The molecule has 2 unspecified atom stereocenters. The number of phosphoric acid groups is 1. The third-order valence-corrected chi connectivity index (χ3v) is 6.76. The number of carbonyl (C=O) groups is 1. The van der Waals surface area contributed by atoms with Gasteiger partial charge in [-0.3, -0.25) is 18.9 Å². The molecule has 1 aliphatic rings. The molecule has 0 bridgehead atoms. The van der Waals surface area contributed by atoms with E-state index in [1.54, 1.807) is 0 Å². The number of azide groups is 1. The molecule has 1 saturated heterocycles. The maximum Gasteiger partial charge on any atom is 0.476 e. The van der Waals surface area contributed by atoms with Gasteiger partial charge in [-0.2, -0.15) is 0 Å². The predicted molar refractivity (Wildman–Crippen MR) is 103 cm³/mol. The lowest BCUT2D eigenvalue weighted by Crippen LogP contribution is -2.34. The number of aryl methyl sites for hydroxylation is 1. The molecule has 0 spiro atoms. The first-order valence-corrected chi connectivity index (χ1v) is 11.4. The highest BCUT2D eigenvalue weighted by molar-refractivity contribution is 7.64. The van der Waals surface area contributed by atoms with Gasteiger partial charge >= 0.3 is 27.1 Å². The van der Waals surface area contributed by atoms with Gasteiger partial charge in [0.2, 0.25) is 0 Å². The number of nitrogens with one attached hydrogen (secondary N) is 1. The SMILES string of the molecule is Cc1cn([C@H]2C[C@H](N=[N+]=[N-])[C@@H](COC(C(=O)O)P(=O)(O)OP(=O)(O)O)O2)c(=O)[nH]c1=O.N. The van der Waals surface area contributed by atoms with Gasteiger partial charge in [0.05, 0.1) is 18.8 Å². The quantitative estimate of drug-likeness (QED) is 0.109. The molecule has 20 heteroatoms. The fourth-order valence-electron chi connectivity index (χ4n) is 2.71. The molecule has 18 nitrogen and oxygen atoms in total. The molecule has 1 aromatic rings. The molecule has 0 aliphatic carbocycles. The second-order valence-electron chi connectivity index (χ2n) is 6.28. The fourth-order valence-corrected chi connectivity index (χ4v) is 4.83. The van der Waals surface area contributed by atoms with Crippen molar-refractivity contribution in [3.8, 4) is 0 Å². The van der Waals surface area contributed by atoms with Crippen LogP contribution < -0.4 is 17.4 Å². The smallest absolute Gasteiger partial charge is 0.476 e. The maximum absolute atomic E-state index is 12.0. The van der Waals surface area contributed by atoms with Crippen LogP contribution in [0.1, 0.15) is 18.2 Å². The molecule has 8 N–H and O–H groups in total. The molecule has 1 aromatic heterocycles. The highest BCUT2D eigenvalue weighted by Gasteiger charge is 2.46. The predicted octanol–water partition coefficient (Wildman–Crippen LogP) is -0.305. The van der Waals surface area contributed by atoms with Crippen molar-refractivity contribution in [3.63, 3.8) is 0 Å². The van der Waals surface area contributed by atoms with Gasteiger partial charge in [0.15, 0.2) is 0 Å². The topological polar surface area (TPSA) is 298 Å². The van der Waals surface area contributed by atoms with Gasteiger partial charge in [-0.05, 0) is 12.5 Å². The highest BCUT2D eigenvalue weighted by Crippen LogP contribution is 2.60. The normalized spacial score (nSPS) is 23.4. The van der Waals surface area contributed by atoms with Gasteiger partial charge < -0.3 is 35.4 Å². The van der Waals surface area contributed by atoms with E-state index in [1.165, 1.54) is 13.1 Å². The average Bonchev–Trinajstić information content (AvgIpc) is 2.98. The number of aliphatic carboxylic acids is 1. The molecule has 2 rings (SSSR count). The average molecular weight is 502 g/mol. The number of rotatable bonds is 9. The van der Waals surface area contributed by atoms with Crippen LogP contribution in [0.5, 0.6) is 0 Å². The molecule has 32 heavy (non-hydrogen) atoms. The van der Waals surface area contributed by atoms with Crippen LogP contribution >= 0.6 is 15.4 Å². The summed E-state index contributed by atoms with van der Waals surface area (Å²) in [6.07, 6.45) is -1.20. The number of H-pyrrole nitrogens is 1. The van der Waals surface area contributed by atoms with Crippen LogP contribution in [0.4, 0.5) is 0 Å². The van der Waals surface area contributed by atoms with E-state index in [0.29, 0.717) is 0 Å². The van der Waals surface area contributed by atoms with Gasteiger partial charge in [-0.1, -0.05) is 5.11 Å². The first kappa shape index (κ1) is 27.7. The second kappa shape index (κ2) is 10.5. The Morgan fingerprint density at radius 2 is 2.06 bits per heavy atom. The Morgan fingerprint density at radius 1 is 1.44 bits per heavy atom. The fraction of sp³-hybridized carbons (Fsp3) is 0.583. The van der Waals surface area contributed by atoms with Crippen LogP contribution in [0, 0.1) is 6.92 Å². The number of ether oxygens (including phenoxy) is 2. The highest BCUT2D eigenvalue weighted by atomic mass is 31.3. The van der Waals surface area contributed by atoms with Gasteiger partial charge in [0.25, 0.3) is 11.4 Å². The number of nitrogens with zero attached hydrogens (tertiary/aromatic N) is 4. The Balaban J connectivity index is 0.00000512. The summed E-state index contributed by atoms with van der Waals surface area (Å²) in [6, 6.07) is -1.02. The largest absolute Gasteiger partial charge is 0.479 e. The Bertz CT molecular complexity index is 1110. The summed E-state index contributed by atoms with van der Waals surface area (Å²) in [7, 11) is -11.0. The minimum absolute atomic E-state index is 0. The van der Waals surface area contributed by atoms with E-state index in [-0.39, 0.29) is 18.1 Å². The van der Waals surface area contributed by atoms with Gasteiger partial charge in [-0.15, -0.1) is 0 Å². The van der Waals surface area contributed by atoms with Crippen LogP contribution in [0.25, 0.3) is 10.4 Å². The van der Waals surface area contributed by atoms with Gasteiger partial charge in [0.1, 0.15) is 6.23 Å². The summed E-state index contributed by atoms with van der Waals surface area (Å²) in [5.74, 6) is -4.77. The standard InChI is InChI=1S/C12H17N5O12P2.H3N/c1-5-3-17(12(21)14-9(5)18)8-2-6(15-16-13)7(28-8)4-27-11(10(19)20)30(22,23)29-31(24,25)26;/h3,6-8,11H,2,4H2,1H3,(H,19,20)(H,22,23)(H,14,18,21)(H2,24,25,26);1H3/t6-,7+,8+,11?;/m0./s1. The molecular weight excluding hydrogens is 482 g/mol. The lowest BCUT2D eigenvalue weighted by atomic mass is 10.1. The first-order chi connectivity index (χ1) is 14.2. The van der Waals surface area contributed by atoms with Crippen LogP contribution in [0.2, 0.25) is 0 Å². The molecule has 0 saturated carbocycles. The number of hydrogen-bond donors (Lipinski definition) is 6. The van der Waals surface area contributed by atoms with E-state index in [2.05, 4.69) is 19.3 Å². The van der Waals surface area contributed by atoms with Crippen molar-refractivity contribution in [2.75, 3.05) is 6.61 Å². The lowest BCUT2D eigenvalue weighted by molar-refractivity contribution is -0.148. The minimum atomic E-state index is -5.54. The maximum atomic E-state index is 12.0. The molecule has 0 radical (unpaired) electrons. The van der Waals surface area contributed by atoms with Crippen molar-refractivity contribution >= 4 is 21.4 Å². The Labute approximate surface area is 177 Å². The Morgan fingerprint density at radius 3 is 2.59 bits per heavy atom.